The van der Waals surface area contributed by atoms with Crippen LogP contribution in [0.2, 0.25) is 0 Å². The van der Waals surface area contributed by atoms with E-state index >= 15 is 0 Å². The van der Waals surface area contributed by atoms with E-state index in [2.05, 4.69) is 5.32 Å². The molecule has 1 aliphatic heterocycles. The predicted molar refractivity (Wildman–Crippen MR) is 108 cm³/mol. The molecule has 6 heteroatoms. The quantitative estimate of drug-likeness (QED) is 0.785. The highest BCUT2D eigenvalue weighted by Gasteiger charge is 2.22. The molecule has 4 nitrogen and oxygen atoms in total. The fraction of sp³-hybridized carbons (Fsp3) is 0.300. The normalized spacial score (nSPS) is 16.0. The van der Waals surface area contributed by atoms with Gasteiger partial charge < -0.3 is 10.4 Å². The highest BCUT2D eigenvalue weighted by Crippen LogP contribution is 2.43. The zero-order valence-corrected chi connectivity index (χ0v) is 15.9. The highest BCUT2D eigenvalue weighted by atomic mass is 32.2. The van der Waals surface area contributed by atoms with Gasteiger partial charge in [0.25, 0.3) is 5.91 Å². The van der Waals surface area contributed by atoms with Gasteiger partial charge in [-0.2, -0.15) is 0 Å². The van der Waals surface area contributed by atoms with Gasteiger partial charge >= 0.3 is 5.97 Å². The van der Waals surface area contributed by atoms with E-state index in [1.54, 1.807) is 12.1 Å². The number of nitrogens with one attached hydrogen (secondary N) is 1. The van der Waals surface area contributed by atoms with Gasteiger partial charge in [-0.05, 0) is 41.2 Å². The lowest BCUT2D eigenvalue weighted by Crippen LogP contribution is -2.42. The predicted octanol–water partition coefficient (Wildman–Crippen LogP) is 3.98. The summed E-state index contributed by atoms with van der Waals surface area (Å²) in [4.78, 5) is 24.0. The molecule has 2 N–H and O–H groups in total. The number of aliphatic carboxylic acids is 1. The standard InChI is InChI=1S/C20H21NO3S2/c22-18(21-17(19(23)24)13-14-5-2-1-3-6-14)15-7-9-16(10-8-15)20-25-11-4-12-26-20/h1-3,5-10,17,20H,4,11-13H2,(H,21,22)(H,23,24)/t17-/m1/s1. The van der Waals surface area contributed by atoms with Gasteiger partial charge in [0, 0.05) is 12.0 Å². The summed E-state index contributed by atoms with van der Waals surface area (Å²) in [5.41, 5.74) is 2.57. The van der Waals surface area contributed by atoms with Gasteiger partial charge in [0.2, 0.25) is 0 Å². The van der Waals surface area contributed by atoms with E-state index in [0.717, 1.165) is 5.56 Å². The van der Waals surface area contributed by atoms with Crippen molar-refractivity contribution in [2.75, 3.05) is 11.5 Å². The molecule has 1 fully saturated rings. The Bertz CT molecular complexity index is 743. The Morgan fingerprint density at radius 2 is 1.69 bits per heavy atom. The molecule has 2 aromatic carbocycles. The molecule has 0 radical (unpaired) electrons. The average Bonchev–Trinajstić information content (AvgIpc) is 2.69. The third kappa shape index (κ3) is 5.05. The van der Waals surface area contributed by atoms with Crippen LogP contribution in [0.1, 0.15) is 32.5 Å². The molecule has 0 bridgehead atoms. The number of hydrogen-bond acceptors (Lipinski definition) is 4. The number of carboxylic acid groups (broad SMARTS) is 1. The van der Waals surface area contributed by atoms with Crippen molar-refractivity contribution in [1.82, 2.24) is 5.32 Å². The third-order valence-electron chi connectivity index (χ3n) is 4.16. The fourth-order valence-electron chi connectivity index (χ4n) is 2.76. The smallest absolute Gasteiger partial charge is 0.326 e. The second-order valence-corrected chi connectivity index (χ2v) is 8.83. The lowest BCUT2D eigenvalue weighted by atomic mass is 10.1. The molecule has 1 amide bonds. The van der Waals surface area contributed by atoms with Crippen LogP contribution in [0.4, 0.5) is 0 Å². The summed E-state index contributed by atoms with van der Waals surface area (Å²) in [5.74, 6) is 0.942. The van der Waals surface area contributed by atoms with Crippen LogP contribution < -0.4 is 5.32 Å². The van der Waals surface area contributed by atoms with Crippen LogP contribution in [0.25, 0.3) is 0 Å². The van der Waals surface area contributed by atoms with Gasteiger partial charge in [0.1, 0.15) is 6.04 Å². The summed E-state index contributed by atoms with van der Waals surface area (Å²) in [5, 5.41) is 12.1. The summed E-state index contributed by atoms with van der Waals surface area (Å²) in [6, 6.07) is 15.9. The molecule has 1 atom stereocenters. The van der Waals surface area contributed by atoms with Crippen LogP contribution >= 0.6 is 23.5 Å². The molecule has 26 heavy (non-hydrogen) atoms. The second kappa shape index (κ2) is 9.14. The summed E-state index contributed by atoms with van der Waals surface area (Å²) in [7, 11) is 0. The maximum Gasteiger partial charge on any atom is 0.326 e. The first kappa shape index (κ1) is 18.9. The number of carboxylic acids is 1. The first-order valence-electron chi connectivity index (χ1n) is 8.54. The zero-order chi connectivity index (χ0) is 18.4. The minimum Gasteiger partial charge on any atom is -0.480 e. The summed E-state index contributed by atoms with van der Waals surface area (Å²) < 4.78 is 0.422. The monoisotopic (exact) mass is 387 g/mol. The number of amides is 1. The Kier molecular flexibility index (Phi) is 6.63. The van der Waals surface area contributed by atoms with E-state index in [-0.39, 0.29) is 12.3 Å². The molecule has 1 heterocycles. The van der Waals surface area contributed by atoms with Crippen LogP contribution in [-0.2, 0) is 11.2 Å². The van der Waals surface area contributed by atoms with Crippen LogP contribution in [0.5, 0.6) is 0 Å². The van der Waals surface area contributed by atoms with Crippen molar-refractivity contribution >= 4 is 35.4 Å². The number of hydrogen-bond donors (Lipinski definition) is 2. The molecule has 3 rings (SSSR count). The average molecular weight is 388 g/mol. The van der Waals surface area contributed by atoms with Gasteiger partial charge in [0.15, 0.2) is 0 Å². The maximum absolute atomic E-state index is 12.5. The Balaban J connectivity index is 1.64. The van der Waals surface area contributed by atoms with Crippen molar-refractivity contribution in [1.29, 1.82) is 0 Å². The number of rotatable bonds is 6. The molecule has 0 aliphatic carbocycles. The number of thioether (sulfide) groups is 2. The van der Waals surface area contributed by atoms with E-state index in [1.165, 1.54) is 23.5 Å². The van der Waals surface area contributed by atoms with Gasteiger partial charge in [-0.15, -0.1) is 23.5 Å². The number of benzene rings is 2. The van der Waals surface area contributed by atoms with Crippen LogP contribution in [0.15, 0.2) is 54.6 Å². The Morgan fingerprint density at radius 3 is 2.31 bits per heavy atom. The fourth-order valence-corrected chi connectivity index (χ4v) is 5.66. The van der Waals surface area contributed by atoms with Crippen molar-refractivity contribution in [3.8, 4) is 0 Å². The van der Waals surface area contributed by atoms with Crippen LogP contribution in [0.3, 0.4) is 0 Å². The van der Waals surface area contributed by atoms with Gasteiger partial charge in [-0.1, -0.05) is 42.5 Å². The van der Waals surface area contributed by atoms with E-state index in [9.17, 15) is 14.7 Å². The van der Waals surface area contributed by atoms with Crippen molar-refractivity contribution < 1.29 is 14.7 Å². The first-order valence-corrected chi connectivity index (χ1v) is 10.6. The molecule has 0 spiro atoms. The zero-order valence-electron chi connectivity index (χ0n) is 14.3. The molecule has 0 aromatic heterocycles. The van der Waals surface area contributed by atoms with Crippen LogP contribution in [0, 0.1) is 0 Å². The SMILES string of the molecule is O=C(N[C@H](Cc1ccccc1)C(=O)O)c1ccc(C2SCCCS2)cc1. The third-order valence-corrected chi connectivity index (χ3v) is 7.17. The summed E-state index contributed by atoms with van der Waals surface area (Å²) in [6.07, 6.45) is 1.50. The maximum atomic E-state index is 12.5. The van der Waals surface area contributed by atoms with Crippen molar-refractivity contribution in [3.63, 3.8) is 0 Å². The van der Waals surface area contributed by atoms with Crippen LogP contribution in [-0.4, -0.2) is 34.5 Å². The minimum atomic E-state index is -1.03. The van der Waals surface area contributed by atoms with E-state index < -0.39 is 12.0 Å². The van der Waals surface area contributed by atoms with Gasteiger partial charge in [-0.25, -0.2) is 4.79 Å². The van der Waals surface area contributed by atoms with Crippen molar-refractivity contribution in [2.24, 2.45) is 0 Å². The highest BCUT2D eigenvalue weighted by molar-refractivity contribution is 8.16. The molecular formula is C20H21NO3S2. The Morgan fingerprint density at radius 1 is 1.04 bits per heavy atom. The number of carbonyl (C=O) groups excluding carboxylic acids is 1. The topological polar surface area (TPSA) is 66.4 Å². The molecule has 136 valence electrons. The number of carbonyl (C=O) groups is 2. The molecule has 1 aliphatic rings. The Labute approximate surface area is 161 Å². The molecule has 0 unspecified atom stereocenters. The lowest BCUT2D eigenvalue weighted by molar-refractivity contribution is -0.139. The lowest BCUT2D eigenvalue weighted by Gasteiger charge is -2.21. The van der Waals surface area contributed by atoms with E-state index in [0.29, 0.717) is 10.1 Å². The second-order valence-electron chi connectivity index (χ2n) is 6.10. The van der Waals surface area contributed by atoms with E-state index in [1.807, 2.05) is 66.0 Å². The summed E-state index contributed by atoms with van der Waals surface area (Å²) >= 11 is 3.86. The molecule has 2 aromatic rings. The van der Waals surface area contributed by atoms with Crippen molar-refractivity contribution in [2.45, 2.75) is 23.5 Å². The van der Waals surface area contributed by atoms with Crippen molar-refractivity contribution in [3.05, 3.63) is 71.3 Å². The first-order chi connectivity index (χ1) is 12.6. The molecule has 1 saturated heterocycles. The largest absolute Gasteiger partial charge is 0.480 e. The molecule has 0 saturated carbocycles. The van der Waals surface area contributed by atoms with E-state index in [4.69, 9.17) is 0 Å². The van der Waals surface area contributed by atoms with Gasteiger partial charge in [-0.3, -0.25) is 4.79 Å². The summed E-state index contributed by atoms with van der Waals surface area (Å²) in [6.45, 7) is 0. The van der Waals surface area contributed by atoms with Gasteiger partial charge in [0.05, 0.1) is 4.58 Å². The molecular weight excluding hydrogens is 366 g/mol. The minimum absolute atomic E-state index is 0.259. The Hall–Kier alpha value is -1.92.